The maximum Gasteiger partial charge on any atom is 0.247 e. The molecule has 4 N–H and O–H groups in total. The third-order valence-corrected chi connectivity index (χ3v) is 3.40. The first-order chi connectivity index (χ1) is 9.16. The Morgan fingerprint density at radius 2 is 2.26 bits per heavy atom. The highest BCUT2D eigenvalue weighted by Crippen LogP contribution is 2.17. The Bertz CT molecular complexity index is 404. The van der Waals surface area contributed by atoms with E-state index < -0.39 is 12.0 Å². The van der Waals surface area contributed by atoms with Crippen molar-refractivity contribution in [3.8, 4) is 0 Å². The van der Waals surface area contributed by atoms with E-state index in [-0.39, 0.29) is 6.54 Å². The number of piperidine rings is 1. The Hall–Kier alpha value is -1.66. The summed E-state index contributed by atoms with van der Waals surface area (Å²) in [7, 11) is 0. The summed E-state index contributed by atoms with van der Waals surface area (Å²) in [6, 6.07) is 6.21. The minimum Gasteiger partial charge on any atom is -0.382 e. The molecule has 1 aliphatic heterocycles. The Morgan fingerprint density at radius 3 is 2.84 bits per heavy atom. The largest absolute Gasteiger partial charge is 0.382 e. The second-order valence-corrected chi connectivity index (χ2v) is 4.78. The lowest BCUT2D eigenvalue weighted by Crippen LogP contribution is -2.47. The van der Waals surface area contributed by atoms with E-state index in [0.29, 0.717) is 6.04 Å². The van der Waals surface area contributed by atoms with E-state index in [1.54, 1.807) is 6.20 Å². The average molecular weight is 264 g/mol. The SMILES string of the molecule is NC(=O)C(O)CNC1CCN(c2ccccn2)CC1. The molecule has 1 saturated heterocycles. The van der Waals surface area contributed by atoms with E-state index in [1.165, 1.54) is 0 Å². The van der Waals surface area contributed by atoms with Gasteiger partial charge in [0, 0.05) is 31.9 Å². The number of carbonyl (C=O) groups excluding carboxylic acids is 1. The molecule has 0 radical (unpaired) electrons. The van der Waals surface area contributed by atoms with Gasteiger partial charge in [-0.2, -0.15) is 0 Å². The minimum absolute atomic E-state index is 0.226. The predicted molar refractivity (Wildman–Crippen MR) is 72.7 cm³/mol. The number of pyridine rings is 1. The van der Waals surface area contributed by atoms with Crippen molar-refractivity contribution in [1.82, 2.24) is 10.3 Å². The molecule has 104 valence electrons. The predicted octanol–water partition coefficient (Wildman–Crippen LogP) is -0.514. The van der Waals surface area contributed by atoms with Gasteiger partial charge in [-0.15, -0.1) is 0 Å². The summed E-state index contributed by atoms with van der Waals surface area (Å²) in [5, 5.41) is 12.5. The molecule has 2 rings (SSSR count). The molecule has 1 atom stereocenters. The van der Waals surface area contributed by atoms with E-state index in [2.05, 4.69) is 15.2 Å². The number of aliphatic hydroxyl groups is 1. The molecular formula is C13H20N4O2. The Morgan fingerprint density at radius 1 is 1.53 bits per heavy atom. The second kappa shape index (κ2) is 6.49. The van der Waals surface area contributed by atoms with Gasteiger partial charge in [0.25, 0.3) is 0 Å². The zero-order valence-electron chi connectivity index (χ0n) is 10.8. The fraction of sp³-hybridized carbons (Fsp3) is 0.538. The van der Waals surface area contributed by atoms with E-state index in [1.807, 2.05) is 18.2 Å². The Labute approximate surface area is 112 Å². The van der Waals surface area contributed by atoms with Crippen molar-refractivity contribution < 1.29 is 9.90 Å². The van der Waals surface area contributed by atoms with Crippen LogP contribution in [0.1, 0.15) is 12.8 Å². The zero-order chi connectivity index (χ0) is 13.7. The first kappa shape index (κ1) is 13.8. The normalized spacial score (nSPS) is 18.3. The van der Waals surface area contributed by atoms with Crippen molar-refractivity contribution in [1.29, 1.82) is 0 Å². The van der Waals surface area contributed by atoms with Gasteiger partial charge in [-0.1, -0.05) is 6.07 Å². The number of rotatable bonds is 5. The summed E-state index contributed by atoms with van der Waals surface area (Å²) in [5.41, 5.74) is 5.00. The molecule has 6 nitrogen and oxygen atoms in total. The molecule has 0 saturated carbocycles. The van der Waals surface area contributed by atoms with Crippen molar-refractivity contribution >= 4 is 11.7 Å². The quantitative estimate of drug-likeness (QED) is 0.666. The molecule has 0 spiro atoms. The standard InChI is InChI=1S/C13H20N4O2/c14-13(19)11(18)9-16-10-4-7-17(8-5-10)12-3-1-2-6-15-12/h1-3,6,10-11,16,18H,4-5,7-9H2,(H2,14,19). The molecule has 6 heteroatoms. The molecule has 0 bridgehead atoms. The topological polar surface area (TPSA) is 91.5 Å². The van der Waals surface area contributed by atoms with E-state index in [0.717, 1.165) is 31.7 Å². The molecule has 19 heavy (non-hydrogen) atoms. The van der Waals surface area contributed by atoms with Crippen LogP contribution in [0.15, 0.2) is 24.4 Å². The second-order valence-electron chi connectivity index (χ2n) is 4.78. The average Bonchev–Trinajstić information content (AvgIpc) is 2.46. The van der Waals surface area contributed by atoms with Gasteiger partial charge >= 0.3 is 0 Å². The van der Waals surface area contributed by atoms with Gasteiger partial charge in [-0.3, -0.25) is 4.79 Å². The van der Waals surface area contributed by atoms with Gasteiger partial charge in [-0.05, 0) is 25.0 Å². The van der Waals surface area contributed by atoms with Gasteiger partial charge in [0.1, 0.15) is 11.9 Å². The summed E-state index contributed by atoms with van der Waals surface area (Å²) in [5.74, 6) is 0.316. The number of aromatic nitrogens is 1. The van der Waals surface area contributed by atoms with Gasteiger partial charge in [0.2, 0.25) is 5.91 Å². The lowest BCUT2D eigenvalue weighted by molar-refractivity contribution is -0.125. The smallest absolute Gasteiger partial charge is 0.247 e. The first-order valence-electron chi connectivity index (χ1n) is 6.53. The molecule has 0 aliphatic carbocycles. The number of aliphatic hydroxyl groups excluding tert-OH is 1. The van der Waals surface area contributed by atoms with Crippen molar-refractivity contribution in [3.05, 3.63) is 24.4 Å². The van der Waals surface area contributed by atoms with Crippen LogP contribution in [0.5, 0.6) is 0 Å². The molecule has 1 fully saturated rings. The summed E-state index contributed by atoms with van der Waals surface area (Å²) < 4.78 is 0. The van der Waals surface area contributed by atoms with Crippen molar-refractivity contribution in [2.24, 2.45) is 5.73 Å². The van der Waals surface area contributed by atoms with Crippen LogP contribution in [-0.2, 0) is 4.79 Å². The zero-order valence-corrected chi connectivity index (χ0v) is 10.8. The maximum atomic E-state index is 10.7. The molecule has 1 aliphatic rings. The third kappa shape index (κ3) is 3.90. The lowest BCUT2D eigenvalue weighted by atomic mass is 10.0. The number of amides is 1. The number of nitrogens with one attached hydrogen (secondary N) is 1. The maximum absolute atomic E-state index is 10.7. The number of hydrogen-bond donors (Lipinski definition) is 3. The number of nitrogens with two attached hydrogens (primary N) is 1. The van der Waals surface area contributed by atoms with Crippen LogP contribution in [0.3, 0.4) is 0 Å². The van der Waals surface area contributed by atoms with Crippen molar-refractivity contribution in [2.75, 3.05) is 24.5 Å². The van der Waals surface area contributed by atoms with Crippen LogP contribution in [-0.4, -0.2) is 47.8 Å². The van der Waals surface area contributed by atoms with Gasteiger partial charge in [-0.25, -0.2) is 4.98 Å². The van der Waals surface area contributed by atoms with Gasteiger partial charge < -0.3 is 21.1 Å². The summed E-state index contributed by atoms with van der Waals surface area (Å²) in [6.45, 7) is 2.06. The Kier molecular flexibility index (Phi) is 4.70. The molecular weight excluding hydrogens is 244 g/mol. The number of nitrogens with zero attached hydrogens (tertiary/aromatic N) is 2. The molecule has 1 aromatic rings. The van der Waals surface area contributed by atoms with Crippen LogP contribution in [0, 0.1) is 0 Å². The highest BCUT2D eigenvalue weighted by molar-refractivity contribution is 5.78. The van der Waals surface area contributed by atoms with Gasteiger partial charge in [0.15, 0.2) is 0 Å². The monoisotopic (exact) mass is 264 g/mol. The van der Waals surface area contributed by atoms with Crippen molar-refractivity contribution in [2.45, 2.75) is 25.0 Å². The Balaban J connectivity index is 1.75. The number of anilines is 1. The lowest BCUT2D eigenvalue weighted by Gasteiger charge is -2.33. The third-order valence-electron chi connectivity index (χ3n) is 3.40. The highest BCUT2D eigenvalue weighted by atomic mass is 16.3. The fourth-order valence-corrected chi connectivity index (χ4v) is 2.23. The van der Waals surface area contributed by atoms with E-state index >= 15 is 0 Å². The summed E-state index contributed by atoms with van der Waals surface area (Å²) in [4.78, 5) is 17.3. The fourth-order valence-electron chi connectivity index (χ4n) is 2.23. The number of carbonyl (C=O) groups is 1. The number of hydrogen-bond acceptors (Lipinski definition) is 5. The van der Waals surface area contributed by atoms with Crippen LogP contribution in [0.4, 0.5) is 5.82 Å². The molecule has 0 aromatic carbocycles. The van der Waals surface area contributed by atoms with E-state index in [9.17, 15) is 9.90 Å². The van der Waals surface area contributed by atoms with Crippen LogP contribution in [0.2, 0.25) is 0 Å². The van der Waals surface area contributed by atoms with Crippen LogP contribution >= 0.6 is 0 Å². The summed E-state index contributed by atoms with van der Waals surface area (Å²) in [6.07, 6.45) is 2.61. The summed E-state index contributed by atoms with van der Waals surface area (Å²) >= 11 is 0. The van der Waals surface area contributed by atoms with Crippen LogP contribution < -0.4 is 16.0 Å². The molecule has 2 heterocycles. The molecule has 1 unspecified atom stereocenters. The number of primary amides is 1. The first-order valence-corrected chi connectivity index (χ1v) is 6.53. The highest BCUT2D eigenvalue weighted by Gasteiger charge is 2.21. The molecule has 1 amide bonds. The van der Waals surface area contributed by atoms with Crippen LogP contribution in [0.25, 0.3) is 0 Å². The minimum atomic E-state index is -1.10. The van der Waals surface area contributed by atoms with Gasteiger partial charge in [0.05, 0.1) is 0 Å². The van der Waals surface area contributed by atoms with Crippen molar-refractivity contribution in [3.63, 3.8) is 0 Å². The van der Waals surface area contributed by atoms with E-state index in [4.69, 9.17) is 5.73 Å². The molecule has 1 aromatic heterocycles.